The van der Waals surface area contributed by atoms with E-state index in [1.165, 1.54) is 6.07 Å². The van der Waals surface area contributed by atoms with Gasteiger partial charge in [0.15, 0.2) is 0 Å². The quantitative estimate of drug-likeness (QED) is 0.767. The first kappa shape index (κ1) is 17.1. The molecule has 21 heavy (non-hydrogen) atoms. The van der Waals surface area contributed by atoms with Crippen molar-refractivity contribution in [2.24, 2.45) is 5.41 Å². The van der Waals surface area contributed by atoms with Crippen LogP contribution in [0.25, 0.3) is 0 Å². The zero-order valence-electron chi connectivity index (χ0n) is 12.6. The van der Waals surface area contributed by atoms with Gasteiger partial charge in [-0.15, -0.1) is 11.6 Å². The van der Waals surface area contributed by atoms with E-state index in [2.05, 4.69) is 13.8 Å². The molecular formula is C15H21Cl2NO2S. The lowest BCUT2D eigenvalue weighted by molar-refractivity contribution is 0.187. The van der Waals surface area contributed by atoms with Gasteiger partial charge in [0.05, 0.1) is 4.90 Å². The minimum absolute atomic E-state index is 0.00706. The molecule has 0 N–H and O–H groups in total. The van der Waals surface area contributed by atoms with Gasteiger partial charge in [0, 0.05) is 24.0 Å². The second kappa shape index (κ2) is 6.07. The van der Waals surface area contributed by atoms with Crippen LogP contribution in [0, 0.1) is 12.3 Å². The van der Waals surface area contributed by atoms with Crippen LogP contribution in [0.1, 0.15) is 37.8 Å². The van der Waals surface area contributed by atoms with Gasteiger partial charge in [-0.1, -0.05) is 25.4 Å². The third kappa shape index (κ3) is 3.55. The fraction of sp³-hybridized carbons (Fsp3) is 0.600. The highest BCUT2D eigenvalue weighted by Crippen LogP contribution is 2.34. The molecule has 0 amide bonds. The van der Waals surface area contributed by atoms with Crippen LogP contribution in [0.3, 0.4) is 0 Å². The van der Waals surface area contributed by atoms with Gasteiger partial charge in [0.25, 0.3) is 0 Å². The fourth-order valence-electron chi connectivity index (χ4n) is 2.83. The van der Waals surface area contributed by atoms with Gasteiger partial charge < -0.3 is 0 Å². The van der Waals surface area contributed by atoms with Crippen molar-refractivity contribution < 1.29 is 8.42 Å². The fourth-order valence-corrected chi connectivity index (χ4v) is 5.37. The third-order valence-electron chi connectivity index (χ3n) is 4.06. The van der Waals surface area contributed by atoms with E-state index in [0.29, 0.717) is 23.7 Å². The number of hydrogen-bond donors (Lipinski definition) is 0. The van der Waals surface area contributed by atoms with Gasteiger partial charge >= 0.3 is 0 Å². The van der Waals surface area contributed by atoms with Gasteiger partial charge in [0.2, 0.25) is 10.0 Å². The molecule has 118 valence electrons. The van der Waals surface area contributed by atoms with Crippen molar-refractivity contribution in [2.75, 3.05) is 13.1 Å². The van der Waals surface area contributed by atoms with Crippen LogP contribution in [-0.4, -0.2) is 25.8 Å². The molecule has 1 aromatic rings. The van der Waals surface area contributed by atoms with Crippen molar-refractivity contribution in [1.29, 1.82) is 0 Å². The summed E-state index contributed by atoms with van der Waals surface area (Å²) >= 11 is 12.0. The molecule has 1 heterocycles. The summed E-state index contributed by atoms with van der Waals surface area (Å²) in [6, 6.07) is 3.26. The summed E-state index contributed by atoms with van der Waals surface area (Å²) in [4.78, 5) is 0.281. The highest BCUT2D eigenvalue weighted by atomic mass is 35.5. The van der Waals surface area contributed by atoms with Crippen LogP contribution in [0.2, 0.25) is 5.02 Å². The normalized spacial score (nSPS) is 19.7. The molecule has 1 aromatic carbocycles. The number of nitrogens with zero attached hydrogens (tertiary/aromatic N) is 1. The first-order valence-electron chi connectivity index (χ1n) is 7.02. The summed E-state index contributed by atoms with van der Waals surface area (Å²) < 4.78 is 27.5. The van der Waals surface area contributed by atoms with E-state index in [1.807, 2.05) is 0 Å². The zero-order chi connectivity index (χ0) is 15.8. The van der Waals surface area contributed by atoms with E-state index in [-0.39, 0.29) is 16.2 Å². The van der Waals surface area contributed by atoms with E-state index in [4.69, 9.17) is 23.2 Å². The molecule has 6 heteroatoms. The zero-order valence-corrected chi connectivity index (χ0v) is 14.9. The Labute approximate surface area is 137 Å². The summed E-state index contributed by atoms with van der Waals surface area (Å²) in [6.45, 7) is 7.09. The summed E-state index contributed by atoms with van der Waals surface area (Å²) in [5, 5.41) is 0.408. The number of hydrogen-bond acceptors (Lipinski definition) is 2. The molecular weight excluding hydrogens is 329 g/mol. The molecule has 1 saturated heterocycles. The lowest BCUT2D eigenvalue weighted by Crippen LogP contribution is -2.43. The molecule has 0 aliphatic carbocycles. The van der Waals surface area contributed by atoms with E-state index in [9.17, 15) is 8.42 Å². The highest BCUT2D eigenvalue weighted by molar-refractivity contribution is 7.89. The standard InChI is InChI=1S/C15H21Cl2NO2S/c1-11-12(9-16)7-13(17)8-14(11)21(19,20)18-6-4-5-15(2,3)10-18/h7-8H,4-6,9-10H2,1-3H3. The Hall–Kier alpha value is -0.290. The molecule has 0 aromatic heterocycles. The van der Waals surface area contributed by atoms with Crippen molar-refractivity contribution in [1.82, 2.24) is 4.31 Å². The largest absolute Gasteiger partial charge is 0.243 e. The predicted molar refractivity (Wildman–Crippen MR) is 87.5 cm³/mol. The molecule has 0 atom stereocenters. The van der Waals surface area contributed by atoms with Crippen molar-refractivity contribution in [2.45, 2.75) is 44.4 Å². The first-order chi connectivity index (χ1) is 9.67. The van der Waals surface area contributed by atoms with E-state index >= 15 is 0 Å². The van der Waals surface area contributed by atoms with E-state index < -0.39 is 10.0 Å². The van der Waals surface area contributed by atoms with Crippen molar-refractivity contribution in [3.05, 3.63) is 28.3 Å². The van der Waals surface area contributed by atoms with Crippen LogP contribution >= 0.6 is 23.2 Å². The Kier molecular flexibility index (Phi) is 4.94. The maximum Gasteiger partial charge on any atom is 0.243 e. The first-order valence-corrected chi connectivity index (χ1v) is 9.38. The molecule has 0 saturated carbocycles. The second-order valence-corrected chi connectivity index (χ2v) is 9.04. The average molecular weight is 350 g/mol. The van der Waals surface area contributed by atoms with Crippen molar-refractivity contribution in [3.8, 4) is 0 Å². The number of benzene rings is 1. The molecule has 0 unspecified atom stereocenters. The van der Waals surface area contributed by atoms with Crippen LogP contribution in [-0.2, 0) is 15.9 Å². The summed E-state index contributed by atoms with van der Waals surface area (Å²) in [7, 11) is -3.53. The molecule has 1 aliphatic rings. The van der Waals surface area contributed by atoms with Gasteiger partial charge in [-0.25, -0.2) is 8.42 Å². The van der Waals surface area contributed by atoms with Crippen LogP contribution in [0.5, 0.6) is 0 Å². The number of piperidine rings is 1. The van der Waals surface area contributed by atoms with Crippen LogP contribution in [0.4, 0.5) is 0 Å². The molecule has 2 rings (SSSR count). The Balaban J connectivity index is 2.47. The molecule has 1 fully saturated rings. The molecule has 3 nitrogen and oxygen atoms in total. The van der Waals surface area contributed by atoms with Crippen molar-refractivity contribution >= 4 is 33.2 Å². The average Bonchev–Trinajstić information content (AvgIpc) is 2.39. The topological polar surface area (TPSA) is 37.4 Å². The number of rotatable bonds is 3. The maximum atomic E-state index is 12.9. The Bertz CT molecular complexity index is 641. The summed E-state index contributed by atoms with van der Waals surface area (Å²) in [5.41, 5.74) is 1.46. The Morgan fingerprint density at radius 3 is 2.57 bits per heavy atom. The second-order valence-electron chi connectivity index (χ2n) is 6.43. The Morgan fingerprint density at radius 2 is 2.00 bits per heavy atom. The van der Waals surface area contributed by atoms with Gasteiger partial charge in [-0.05, 0) is 48.4 Å². The number of halogens is 2. The SMILES string of the molecule is Cc1c(CCl)cc(Cl)cc1S(=O)(=O)N1CCCC(C)(C)C1. The van der Waals surface area contributed by atoms with Crippen LogP contribution < -0.4 is 0 Å². The summed E-state index contributed by atoms with van der Waals surface area (Å²) in [5.74, 6) is 0.250. The minimum Gasteiger partial charge on any atom is -0.207 e. The summed E-state index contributed by atoms with van der Waals surface area (Å²) in [6.07, 6.45) is 1.93. The number of alkyl halides is 1. The lowest BCUT2D eigenvalue weighted by atomic mass is 9.85. The van der Waals surface area contributed by atoms with E-state index in [0.717, 1.165) is 18.4 Å². The maximum absolute atomic E-state index is 12.9. The molecule has 0 radical (unpaired) electrons. The smallest absolute Gasteiger partial charge is 0.207 e. The van der Waals surface area contributed by atoms with E-state index in [1.54, 1.807) is 17.3 Å². The molecule has 0 spiro atoms. The monoisotopic (exact) mass is 349 g/mol. The van der Waals surface area contributed by atoms with Gasteiger partial charge in [0.1, 0.15) is 0 Å². The van der Waals surface area contributed by atoms with Crippen LogP contribution in [0.15, 0.2) is 17.0 Å². The lowest BCUT2D eigenvalue weighted by Gasteiger charge is -2.37. The van der Waals surface area contributed by atoms with Gasteiger partial charge in [-0.3, -0.25) is 0 Å². The van der Waals surface area contributed by atoms with Crippen molar-refractivity contribution in [3.63, 3.8) is 0 Å². The highest BCUT2D eigenvalue weighted by Gasteiger charge is 2.35. The third-order valence-corrected chi connectivity index (χ3v) is 6.54. The minimum atomic E-state index is -3.53. The molecule has 0 bridgehead atoms. The number of sulfonamides is 1. The Morgan fingerprint density at radius 1 is 1.33 bits per heavy atom. The van der Waals surface area contributed by atoms with Gasteiger partial charge in [-0.2, -0.15) is 4.31 Å². The molecule has 1 aliphatic heterocycles. The predicted octanol–water partition coefficient (Wildman–Crippen LogP) is 4.20.